The number of allylic oxidation sites excluding steroid dienone is 1. The number of aryl methyl sites for hydroxylation is 1. The molecule has 0 aliphatic heterocycles. The molecule has 0 radical (unpaired) electrons. The van der Waals surface area contributed by atoms with Crippen LogP contribution in [-0.2, 0) is 0 Å². The van der Waals surface area contributed by atoms with Crippen molar-refractivity contribution in [2.75, 3.05) is 0 Å². The van der Waals surface area contributed by atoms with Crippen LogP contribution in [0.1, 0.15) is 29.2 Å². The second-order valence-electron chi connectivity index (χ2n) is 6.04. The van der Waals surface area contributed by atoms with Gasteiger partial charge in [-0.2, -0.15) is 0 Å². The zero-order valence-electron chi connectivity index (χ0n) is 14.3. The Kier molecular flexibility index (Phi) is 4.75. The third-order valence-electron chi connectivity index (χ3n) is 4.29. The predicted octanol–water partition coefficient (Wildman–Crippen LogP) is 5.88. The molecule has 0 spiro atoms. The van der Waals surface area contributed by atoms with E-state index in [-0.39, 0.29) is 10.6 Å². The van der Waals surface area contributed by atoms with Gasteiger partial charge in [0, 0.05) is 12.1 Å². The fraction of sp³-hybridized carbons (Fsp3) is 0.0909. The molecule has 0 bridgehead atoms. The smallest absolute Gasteiger partial charge is 0.258 e. The molecule has 3 heteroatoms. The number of nitro groups is 1. The maximum atomic E-state index is 10.9. The minimum Gasteiger partial charge on any atom is -0.258 e. The average Bonchev–Trinajstić information content (AvgIpc) is 2.64. The lowest BCUT2D eigenvalue weighted by atomic mass is 9.90. The van der Waals surface area contributed by atoms with Crippen molar-refractivity contribution in [3.63, 3.8) is 0 Å². The SMILES string of the molecule is C/C(=C(/c1ccc(C)cc1)c1ccc([N+](=O)[O-])cc1)c1ccccc1. The van der Waals surface area contributed by atoms with E-state index in [9.17, 15) is 10.1 Å². The molecule has 0 unspecified atom stereocenters. The number of benzene rings is 3. The molecule has 3 aromatic carbocycles. The number of nitrogens with zero attached hydrogens (tertiary/aromatic N) is 1. The molecule has 0 amide bonds. The second kappa shape index (κ2) is 7.14. The molecular formula is C22H19NO2. The topological polar surface area (TPSA) is 43.1 Å². The highest BCUT2D eigenvalue weighted by molar-refractivity contribution is 5.97. The first-order valence-corrected chi connectivity index (χ1v) is 8.14. The lowest BCUT2D eigenvalue weighted by molar-refractivity contribution is -0.384. The third-order valence-corrected chi connectivity index (χ3v) is 4.29. The molecule has 0 aliphatic carbocycles. The molecule has 0 N–H and O–H groups in total. The maximum absolute atomic E-state index is 10.9. The van der Waals surface area contributed by atoms with E-state index in [1.807, 2.05) is 30.3 Å². The van der Waals surface area contributed by atoms with Gasteiger partial charge in [-0.1, -0.05) is 60.2 Å². The van der Waals surface area contributed by atoms with Gasteiger partial charge in [-0.3, -0.25) is 10.1 Å². The molecule has 0 saturated carbocycles. The minimum absolute atomic E-state index is 0.101. The number of hydrogen-bond acceptors (Lipinski definition) is 2. The molecule has 3 nitrogen and oxygen atoms in total. The first-order valence-electron chi connectivity index (χ1n) is 8.14. The van der Waals surface area contributed by atoms with Crippen molar-refractivity contribution in [2.24, 2.45) is 0 Å². The van der Waals surface area contributed by atoms with Gasteiger partial charge in [0.2, 0.25) is 0 Å². The number of rotatable bonds is 4. The Bertz CT molecular complexity index is 909. The second-order valence-corrected chi connectivity index (χ2v) is 6.04. The van der Waals surface area contributed by atoms with Crippen molar-refractivity contribution in [1.29, 1.82) is 0 Å². The highest BCUT2D eigenvalue weighted by Gasteiger charge is 2.12. The molecule has 25 heavy (non-hydrogen) atoms. The van der Waals surface area contributed by atoms with Gasteiger partial charge < -0.3 is 0 Å². The summed E-state index contributed by atoms with van der Waals surface area (Å²) in [5.41, 5.74) is 6.72. The van der Waals surface area contributed by atoms with Crippen molar-refractivity contribution in [3.8, 4) is 0 Å². The third kappa shape index (κ3) is 3.66. The molecule has 0 atom stereocenters. The summed E-state index contributed by atoms with van der Waals surface area (Å²) < 4.78 is 0. The molecule has 0 aromatic heterocycles. The number of hydrogen-bond donors (Lipinski definition) is 0. The van der Waals surface area contributed by atoms with E-state index in [4.69, 9.17) is 0 Å². The van der Waals surface area contributed by atoms with Crippen LogP contribution in [0.5, 0.6) is 0 Å². The van der Waals surface area contributed by atoms with Crippen molar-refractivity contribution in [1.82, 2.24) is 0 Å². The molecule has 124 valence electrons. The van der Waals surface area contributed by atoms with E-state index in [0.717, 1.165) is 27.8 Å². The van der Waals surface area contributed by atoms with Crippen LogP contribution in [0, 0.1) is 17.0 Å². The van der Waals surface area contributed by atoms with Crippen molar-refractivity contribution < 1.29 is 4.92 Å². The molecule has 0 fully saturated rings. The van der Waals surface area contributed by atoms with Crippen LogP contribution >= 0.6 is 0 Å². The van der Waals surface area contributed by atoms with Crippen LogP contribution in [0.25, 0.3) is 11.1 Å². The molecule has 0 aliphatic rings. The number of non-ortho nitro benzene ring substituents is 1. The Morgan fingerprint density at radius 2 is 1.28 bits per heavy atom. The normalized spacial score (nSPS) is 11.8. The molecule has 0 heterocycles. The van der Waals surface area contributed by atoms with Crippen LogP contribution in [0.4, 0.5) is 5.69 Å². The Morgan fingerprint density at radius 3 is 1.80 bits per heavy atom. The maximum Gasteiger partial charge on any atom is 0.269 e. The van der Waals surface area contributed by atoms with Crippen molar-refractivity contribution >= 4 is 16.8 Å². The first-order chi connectivity index (χ1) is 12.1. The monoisotopic (exact) mass is 329 g/mol. The highest BCUT2D eigenvalue weighted by atomic mass is 16.6. The van der Waals surface area contributed by atoms with E-state index < -0.39 is 0 Å². The summed E-state index contributed by atoms with van der Waals surface area (Å²) in [6, 6.07) is 25.3. The zero-order valence-corrected chi connectivity index (χ0v) is 14.3. The van der Waals surface area contributed by atoms with Gasteiger partial charge >= 0.3 is 0 Å². The van der Waals surface area contributed by atoms with Crippen LogP contribution in [0.3, 0.4) is 0 Å². The zero-order chi connectivity index (χ0) is 17.8. The van der Waals surface area contributed by atoms with E-state index in [2.05, 4.69) is 50.2 Å². The fourth-order valence-corrected chi connectivity index (χ4v) is 2.90. The largest absolute Gasteiger partial charge is 0.269 e. The average molecular weight is 329 g/mol. The first kappa shape index (κ1) is 16.7. The van der Waals surface area contributed by atoms with Crippen molar-refractivity contribution in [2.45, 2.75) is 13.8 Å². The Morgan fingerprint density at radius 1 is 0.760 bits per heavy atom. The summed E-state index contributed by atoms with van der Waals surface area (Å²) in [6.45, 7) is 4.15. The standard InChI is InChI=1S/C22H19NO2/c1-16-8-10-19(11-9-16)22(17(2)18-6-4-3-5-7-18)20-12-14-21(15-13-20)23(24)25/h3-15H,1-2H3/b22-17+. The molecule has 0 saturated heterocycles. The van der Waals surface area contributed by atoms with E-state index >= 15 is 0 Å². The minimum atomic E-state index is -0.372. The van der Waals surface area contributed by atoms with Crippen LogP contribution < -0.4 is 0 Å². The van der Waals surface area contributed by atoms with Gasteiger partial charge in [0.15, 0.2) is 0 Å². The Balaban J connectivity index is 2.18. The van der Waals surface area contributed by atoms with Gasteiger partial charge in [0.05, 0.1) is 4.92 Å². The van der Waals surface area contributed by atoms with Gasteiger partial charge in [0.25, 0.3) is 5.69 Å². The van der Waals surface area contributed by atoms with E-state index in [1.54, 1.807) is 12.1 Å². The number of nitro benzene ring substituents is 1. The fourth-order valence-electron chi connectivity index (χ4n) is 2.90. The molecular weight excluding hydrogens is 310 g/mol. The van der Waals surface area contributed by atoms with Crippen LogP contribution in [-0.4, -0.2) is 4.92 Å². The Labute approximate surface area is 147 Å². The van der Waals surface area contributed by atoms with E-state index in [0.29, 0.717) is 0 Å². The van der Waals surface area contributed by atoms with Gasteiger partial charge in [-0.05, 0) is 53.8 Å². The molecule has 3 aromatic rings. The van der Waals surface area contributed by atoms with Gasteiger partial charge in [-0.15, -0.1) is 0 Å². The van der Waals surface area contributed by atoms with Crippen molar-refractivity contribution in [3.05, 3.63) is 111 Å². The summed E-state index contributed by atoms with van der Waals surface area (Å²) in [7, 11) is 0. The predicted molar refractivity (Wildman–Crippen MR) is 102 cm³/mol. The molecule has 3 rings (SSSR count). The summed E-state index contributed by atoms with van der Waals surface area (Å²) in [5, 5.41) is 10.9. The summed E-state index contributed by atoms with van der Waals surface area (Å²) >= 11 is 0. The van der Waals surface area contributed by atoms with Gasteiger partial charge in [-0.25, -0.2) is 0 Å². The summed E-state index contributed by atoms with van der Waals surface area (Å²) in [4.78, 5) is 10.6. The summed E-state index contributed by atoms with van der Waals surface area (Å²) in [6.07, 6.45) is 0. The van der Waals surface area contributed by atoms with Crippen LogP contribution in [0.15, 0.2) is 78.9 Å². The summed E-state index contributed by atoms with van der Waals surface area (Å²) in [5.74, 6) is 0. The van der Waals surface area contributed by atoms with E-state index in [1.165, 1.54) is 5.56 Å². The lowest BCUT2D eigenvalue weighted by Gasteiger charge is -2.14. The Hall–Kier alpha value is -3.20. The van der Waals surface area contributed by atoms with Gasteiger partial charge in [0.1, 0.15) is 0 Å². The quantitative estimate of drug-likeness (QED) is 0.341. The van der Waals surface area contributed by atoms with Crippen LogP contribution in [0.2, 0.25) is 0 Å². The lowest BCUT2D eigenvalue weighted by Crippen LogP contribution is -1.94. The highest BCUT2D eigenvalue weighted by Crippen LogP contribution is 2.33.